The molecule has 0 aliphatic heterocycles. The van der Waals surface area contributed by atoms with Crippen molar-refractivity contribution in [1.29, 1.82) is 0 Å². The van der Waals surface area contributed by atoms with Crippen molar-refractivity contribution in [3.8, 4) is 0 Å². The number of rotatable bonds is 6. The second-order valence-electron chi connectivity index (χ2n) is 4.87. The van der Waals surface area contributed by atoms with E-state index in [9.17, 15) is 4.79 Å². The van der Waals surface area contributed by atoms with Crippen LogP contribution in [0.3, 0.4) is 0 Å². The first-order chi connectivity index (χ1) is 9.52. The summed E-state index contributed by atoms with van der Waals surface area (Å²) in [4.78, 5) is 11.5. The van der Waals surface area contributed by atoms with Gasteiger partial charge in [-0.15, -0.1) is 0 Å². The van der Waals surface area contributed by atoms with Gasteiger partial charge in [0.1, 0.15) is 0 Å². The van der Waals surface area contributed by atoms with E-state index in [1.807, 2.05) is 52.0 Å². The SMILES string of the molecule is CC.CCC(C)OCc1ccc(NC(=O)C(C)C)cc1. The Kier molecular flexibility index (Phi) is 9.73. The molecule has 3 heteroatoms. The molecule has 0 aliphatic rings. The largest absolute Gasteiger partial charge is 0.374 e. The first kappa shape index (κ1) is 18.7. The van der Waals surface area contributed by atoms with Gasteiger partial charge < -0.3 is 10.1 Å². The van der Waals surface area contributed by atoms with Gasteiger partial charge in [0.15, 0.2) is 0 Å². The predicted molar refractivity (Wildman–Crippen MR) is 85.8 cm³/mol. The third-order valence-electron chi connectivity index (χ3n) is 2.86. The molecule has 20 heavy (non-hydrogen) atoms. The maximum atomic E-state index is 11.5. The molecule has 1 unspecified atom stereocenters. The third-order valence-corrected chi connectivity index (χ3v) is 2.86. The molecule has 1 aromatic rings. The molecule has 0 spiro atoms. The highest BCUT2D eigenvalue weighted by Gasteiger charge is 2.06. The molecule has 1 N–H and O–H groups in total. The van der Waals surface area contributed by atoms with Crippen LogP contribution in [0.25, 0.3) is 0 Å². The van der Waals surface area contributed by atoms with Gasteiger partial charge in [-0.25, -0.2) is 0 Å². The first-order valence-electron chi connectivity index (χ1n) is 7.54. The zero-order valence-electron chi connectivity index (χ0n) is 13.7. The van der Waals surface area contributed by atoms with Crippen LogP contribution in [0.4, 0.5) is 5.69 Å². The third kappa shape index (κ3) is 7.29. The van der Waals surface area contributed by atoms with Crippen LogP contribution in [0.2, 0.25) is 0 Å². The highest BCUT2D eigenvalue weighted by molar-refractivity contribution is 5.91. The molecule has 0 aromatic heterocycles. The van der Waals surface area contributed by atoms with Gasteiger partial charge in [-0.2, -0.15) is 0 Å². The Hall–Kier alpha value is -1.35. The lowest BCUT2D eigenvalue weighted by Gasteiger charge is -2.11. The minimum absolute atomic E-state index is 0.00147. The molecule has 0 saturated heterocycles. The van der Waals surface area contributed by atoms with Crippen molar-refractivity contribution in [3.05, 3.63) is 29.8 Å². The van der Waals surface area contributed by atoms with Crippen LogP contribution < -0.4 is 5.32 Å². The Labute approximate surface area is 123 Å². The molecule has 0 saturated carbocycles. The maximum absolute atomic E-state index is 11.5. The summed E-state index contributed by atoms with van der Waals surface area (Å²) in [5.41, 5.74) is 1.96. The molecule has 0 radical (unpaired) electrons. The average Bonchev–Trinajstić information content (AvgIpc) is 2.48. The number of hydrogen-bond donors (Lipinski definition) is 1. The molecule has 0 fully saturated rings. The normalized spacial score (nSPS) is 11.6. The molecule has 1 rings (SSSR count). The summed E-state index contributed by atoms with van der Waals surface area (Å²) in [5.74, 6) is 0.0389. The van der Waals surface area contributed by atoms with Gasteiger partial charge in [0.05, 0.1) is 12.7 Å². The van der Waals surface area contributed by atoms with Crippen molar-refractivity contribution >= 4 is 11.6 Å². The van der Waals surface area contributed by atoms with E-state index in [1.54, 1.807) is 0 Å². The highest BCUT2D eigenvalue weighted by Crippen LogP contribution is 2.12. The van der Waals surface area contributed by atoms with Crippen molar-refractivity contribution in [2.24, 2.45) is 5.92 Å². The fraction of sp³-hybridized carbons (Fsp3) is 0.588. The first-order valence-corrected chi connectivity index (χ1v) is 7.54. The average molecular weight is 279 g/mol. The zero-order valence-corrected chi connectivity index (χ0v) is 13.7. The van der Waals surface area contributed by atoms with Crippen LogP contribution in [-0.2, 0) is 16.1 Å². The molecule has 0 aliphatic carbocycles. The van der Waals surface area contributed by atoms with Crippen LogP contribution in [0.5, 0.6) is 0 Å². The van der Waals surface area contributed by atoms with Crippen molar-refractivity contribution in [1.82, 2.24) is 0 Å². The number of amides is 1. The molecule has 0 bridgehead atoms. The molecule has 3 nitrogen and oxygen atoms in total. The van der Waals surface area contributed by atoms with Gasteiger partial charge in [-0.3, -0.25) is 4.79 Å². The van der Waals surface area contributed by atoms with Gasteiger partial charge in [0.2, 0.25) is 5.91 Å². The van der Waals surface area contributed by atoms with Crippen molar-refractivity contribution in [2.45, 2.75) is 60.7 Å². The molecule has 1 amide bonds. The zero-order chi connectivity index (χ0) is 15.5. The molecule has 1 aromatic carbocycles. The number of ether oxygens (including phenoxy) is 1. The molecular weight excluding hydrogens is 250 g/mol. The van der Waals surface area contributed by atoms with Gasteiger partial charge in [0, 0.05) is 11.6 Å². The van der Waals surface area contributed by atoms with E-state index in [2.05, 4.69) is 19.2 Å². The highest BCUT2D eigenvalue weighted by atomic mass is 16.5. The molecule has 0 heterocycles. The van der Waals surface area contributed by atoms with Crippen LogP contribution >= 0.6 is 0 Å². The van der Waals surface area contributed by atoms with E-state index in [0.29, 0.717) is 6.61 Å². The second-order valence-corrected chi connectivity index (χ2v) is 4.87. The summed E-state index contributed by atoms with van der Waals surface area (Å²) < 4.78 is 5.65. The van der Waals surface area contributed by atoms with Gasteiger partial charge in [-0.1, -0.05) is 46.8 Å². The molecule has 114 valence electrons. The van der Waals surface area contributed by atoms with Crippen LogP contribution in [-0.4, -0.2) is 12.0 Å². The van der Waals surface area contributed by atoms with Gasteiger partial charge in [0.25, 0.3) is 0 Å². The summed E-state index contributed by atoms with van der Waals surface area (Å²) in [7, 11) is 0. The van der Waals surface area contributed by atoms with E-state index in [1.165, 1.54) is 0 Å². The summed E-state index contributed by atoms with van der Waals surface area (Å²) >= 11 is 0. The summed E-state index contributed by atoms with van der Waals surface area (Å²) in [6, 6.07) is 7.79. The van der Waals surface area contributed by atoms with Crippen LogP contribution in [0.15, 0.2) is 24.3 Å². The van der Waals surface area contributed by atoms with E-state index < -0.39 is 0 Å². The minimum Gasteiger partial charge on any atom is -0.374 e. The summed E-state index contributed by atoms with van der Waals surface area (Å²) in [6.07, 6.45) is 1.30. The van der Waals surface area contributed by atoms with Gasteiger partial charge in [-0.05, 0) is 31.0 Å². The number of nitrogens with one attached hydrogen (secondary N) is 1. The van der Waals surface area contributed by atoms with E-state index in [-0.39, 0.29) is 17.9 Å². The Morgan fingerprint density at radius 1 is 1.15 bits per heavy atom. The Balaban J connectivity index is 0.00000172. The number of carbonyl (C=O) groups is 1. The lowest BCUT2D eigenvalue weighted by atomic mass is 10.2. The standard InChI is InChI=1S/C15H23NO2.C2H6/c1-5-12(4)18-10-13-6-8-14(9-7-13)16-15(17)11(2)3;1-2/h6-9,11-12H,5,10H2,1-4H3,(H,16,17);1-2H3. The quantitative estimate of drug-likeness (QED) is 0.825. The van der Waals surface area contributed by atoms with Gasteiger partial charge >= 0.3 is 0 Å². The monoisotopic (exact) mass is 279 g/mol. The summed E-state index contributed by atoms with van der Waals surface area (Å²) in [5, 5.41) is 2.86. The van der Waals surface area contributed by atoms with E-state index in [0.717, 1.165) is 17.7 Å². The number of benzene rings is 1. The smallest absolute Gasteiger partial charge is 0.226 e. The van der Waals surface area contributed by atoms with Crippen molar-refractivity contribution < 1.29 is 9.53 Å². The molecule has 1 atom stereocenters. The Morgan fingerprint density at radius 2 is 1.70 bits per heavy atom. The van der Waals surface area contributed by atoms with Crippen LogP contribution in [0, 0.1) is 5.92 Å². The van der Waals surface area contributed by atoms with Crippen molar-refractivity contribution in [2.75, 3.05) is 5.32 Å². The number of hydrogen-bond acceptors (Lipinski definition) is 2. The lowest BCUT2D eigenvalue weighted by Crippen LogP contribution is -2.17. The van der Waals surface area contributed by atoms with Crippen molar-refractivity contribution in [3.63, 3.8) is 0 Å². The molecular formula is C17H29NO2. The Morgan fingerprint density at radius 3 is 2.15 bits per heavy atom. The minimum atomic E-state index is -0.00147. The Bertz CT molecular complexity index is 371. The van der Waals surface area contributed by atoms with E-state index >= 15 is 0 Å². The van der Waals surface area contributed by atoms with E-state index in [4.69, 9.17) is 4.74 Å². The number of carbonyl (C=O) groups excluding carboxylic acids is 1. The second kappa shape index (κ2) is 10.4. The summed E-state index contributed by atoms with van der Waals surface area (Å²) in [6.45, 7) is 12.5. The fourth-order valence-electron chi connectivity index (χ4n) is 1.33. The van der Waals surface area contributed by atoms with Crippen LogP contribution in [0.1, 0.15) is 53.5 Å². The topological polar surface area (TPSA) is 38.3 Å². The maximum Gasteiger partial charge on any atom is 0.226 e. The fourth-order valence-corrected chi connectivity index (χ4v) is 1.33. The predicted octanol–water partition coefficient (Wildman–Crippen LogP) is 4.62. The lowest BCUT2D eigenvalue weighted by molar-refractivity contribution is -0.118. The number of anilines is 1.